The van der Waals surface area contributed by atoms with Crippen molar-refractivity contribution < 1.29 is 0 Å². The van der Waals surface area contributed by atoms with E-state index in [0.717, 1.165) is 24.2 Å². The van der Waals surface area contributed by atoms with Gasteiger partial charge in [0, 0.05) is 11.8 Å². The second kappa shape index (κ2) is 5.60. The zero-order valence-corrected chi connectivity index (χ0v) is 10.1. The van der Waals surface area contributed by atoms with E-state index in [-0.39, 0.29) is 0 Å². The van der Waals surface area contributed by atoms with Gasteiger partial charge in [-0.1, -0.05) is 37.3 Å². The van der Waals surface area contributed by atoms with E-state index >= 15 is 0 Å². The summed E-state index contributed by atoms with van der Waals surface area (Å²) in [5.41, 5.74) is 9.10. The molecule has 1 heterocycles. The van der Waals surface area contributed by atoms with Crippen LogP contribution in [0.3, 0.4) is 0 Å². The Bertz CT molecular complexity index is 448. The van der Waals surface area contributed by atoms with Crippen molar-refractivity contribution in [2.24, 2.45) is 5.73 Å². The Morgan fingerprint density at radius 2 is 1.88 bits per heavy atom. The number of rotatable bonds is 4. The lowest BCUT2D eigenvalue weighted by molar-refractivity contribution is 0.690. The molecule has 0 aliphatic carbocycles. The van der Waals surface area contributed by atoms with Gasteiger partial charge in [-0.15, -0.1) is 0 Å². The minimum absolute atomic E-state index is 0.526. The van der Waals surface area contributed by atoms with Gasteiger partial charge in [-0.25, -0.2) is 0 Å². The van der Waals surface area contributed by atoms with Crippen LogP contribution in [0.4, 0.5) is 0 Å². The van der Waals surface area contributed by atoms with Gasteiger partial charge in [0.1, 0.15) is 0 Å². The molecule has 2 rings (SSSR count). The molecule has 17 heavy (non-hydrogen) atoms. The van der Waals surface area contributed by atoms with Gasteiger partial charge in [0.05, 0.1) is 5.69 Å². The van der Waals surface area contributed by atoms with E-state index in [2.05, 4.69) is 36.2 Å². The van der Waals surface area contributed by atoms with Crippen molar-refractivity contribution in [2.45, 2.75) is 19.3 Å². The fourth-order valence-electron chi connectivity index (χ4n) is 1.93. The van der Waals surface area contributed by atoms with Crippen molar-refractivity contribution >= 4 is 0 Å². The van der Waals surface area contributed by atoms with E-state index < -0.39 is 0 Å². The Labute approximate surface area is 103 Å². The lowest BCUT2D eigenvalue weighted by Gasteiger charge is -2.10. The standard InChI is InChI=1S/C15H18N2/c1-12(9-10-16)13-5-7-14(8-6-13)15-4-2-3-11-17-15/h2-8,11-12H,9-10,16H2,1H3. The second-order valence-corrected chi connectivity index (χ2v) is 4.32. The Hall–Kier alpha value is -1.67. The highest BCUT2D eigenvalue weighted by Gasteiger charge is 2.04. The molecule has 0 radical (unpaired) electrons. The maximum absolute atomic E-state index is 5.58. The summed E-state index contributed by atoms with van der Waals surface area (Å²) in [6, 6.07) is 14.6. The summed E-state index contributed by atoms with van der Waals surface area (Å²) in [6.45, 7) is 2.95. The molecule has 0 fully saturated rings. The Morgan fingerprint density at radius 3 is 2.47 bits per heavy atom. The minimum atomic E-state index is 0.526. The van der Waals surface area contributed by atoms with Gasteiger partial charge in [0.15, 0.2) is 0 Å². The third kappa shape index (κ3) is 2.92. The first kappa shape index (κ1) is 11.8. The van der Waals surface area contributed by atoms with Gasteiger partial charge in [0.25, 0.3) is 0 Å². The molecular formula is C15H18N2. The maximum Gasteiger partial charge on any atom is 0.0701 e. The molecule has 2 N–H and O–H groups in total. The van der Waals surface area contributed by atoms with Gasteiger partial charge in [-0.2, -0.15) is 0 Å². The summed E-state index contributed by atoms with van der Waals surface area (Å²) < 4.78 is 0. The molecule has 1 aromatic heterocycles. The third-order valence-corrected chi connectivity index (χ3v) is 3.04. The first-order valence-corrected chi connectivity index (χ1v) is 6.02. The predicted octanol–water partition coefficient (Wildman–Crippen LogP) is 3.20. The van der Waals surface area contributed by atoms with Gasteiger partial charge in [-0.3, -0.25) is 4.98 Å². The molecule has 2 nitrogen and oxygen atoms in total. The van der Waals surface area contributed by atoms with E-state index in [1.165, 1.54) is 5.56 Å². The molecule has 0 aliphatic heterocycles. The van der Waals surface area contributed by atoms with Crippen molar-refractivity contribution in [3.8, 4) is 11.3 Å². The van der Waals surface area contributed by atoms with Crippen LogP contribution in [0.25, 0.3) is 11.3 Å². The number of hydrogen-bond donors (Lipinski definition) is 1. The number of nitrogens with two attached hydrogens (primary N) is 1. The van der Waals surface area contributed by atoms with Crippen molar-refractivity contribution in [2.75, 3.05) is 6.54 Å². The highest BCUT2D eigenvalue weighted by Crippen LogP contribution is 2.22. The minimum Gasteiger partial charge on any atom is -0.330 e. The SMILES string of the molecule is CC(CCN)c1ccc(-c2ccccn2)cc1. The molecule has 1 atom stereocenters. The molecular weight excluding hydrogens is 208 g/mol. The summed E-state index contributed by atoms with van der Waals surface area (Å²) in [5.74, 6) is 0.526. The van der Waals surface area contributed by atoms with Crippen molar-refractivity contribution in [1.82, 2.24) is 4.98 Å². The zero-order valence-electron chi connectivity index (χ0n) is 10.1. The van der Waals surface area contributed by atoms with Crippen LogP contribution in [-0.2, 0) is 0 Å². The molecule has 0 saturated carbocycles. The summed E-state index contributed by atoms with van der Waals surface area (Å²) >= 11 is 0. The van der Waals surface area contributed by atoms with Gasteiger partial charge >= 0.3 is 0 Å². The molecule has 0 amide bonds. The molecule has 1 aromatic carbocycles. The summed E-state index contributed by atoms with van der Waals surface area (Å²) in [6.07, 6.45) is 2.85. The number of hydrogen-bond acceptors (Lipinski definition) is 2. The lowest BCUT2D eigenvalue weighted by atomic mass is 9.96. The van der Waals surface area contributed by atoms with Crippen LogP contribution in [0.1, 0.15) is 24.8 Å². The van der Waals surface area contributed by atoms with Crippen molar-refractivity contribution in [1.29, 1.82) is 0 Å². The Morgan fingerprint density at radius 1 is 1.12 bits per heavy atom. The van der Waals surface area contributed by atoms with E-state index in [4.69, 9.17) is 5.73 Å². The lowest BCUT2D eigenvalue weighted by Crippen LogP contribution is -2.04. The van der Waals surface area contributed by atoms with Gasteiger partial charge < -0.3 is 5.73 Å². The number of benzene rings is 1. The molecule has 0 spiro atoms. The van der Waals surface area contributed by atoms with Crippen LogP contribution in [0, 0.1) is 0 Å². The number of nitrogens with zero attached hydrogens (tertiary/aromatic N) is 1. The average molecular weight is 226 g/mol. The van der Waals surface area contributed by atoms with Crippen LogP contribution < -0.4 is 5.73 Å². The quantitative estimate of drug-likeness (QED) is 0.869. The van der Waals surface area contributed by atoms with E-state index in [9.17, 15) is 0 Å². The fraction of sp³-hybridized carbons (Fsp3) is 0.267. The topological polar surface area (TPSA) is 38.9 Å². The zero-order chi connectivity index (χ0) is 12.1. The van der Waals surface area contributed by atoms with Crippen LogP contribution in [-0.4, -0.2) is 11.5 Å². The Kier molecular flexibility index (Phi) is 3.89. The molecule has 2 heteroatoms. The first-order chi connectivity index (χ1) is 8.31. The van der Waals surface area contributed by atoms with Crippen LogP contribution in [0.2, 0.25) is 0 Å². The summed E-state index contributed by atoms with van der Waals surface area (Å²) in [5, 5.41) is 0. The molecule has 1 unspecified atom stereocenters. The molecule has 88 valence electrons. The summed E-state index contributed by atoms with van der Waals surface area (Å²) in [4.78, 5) is 4.34. The highest BCUT2D eigenvalue weighted by molar-refractivity contribution is 5.59. The molecule has 0 saturated heterocycles. The van der Waals surface area contributed by atoms with E-state index in [1.807, 2.05) is 24.4 Å². The Balaban J connectivity index is 2.19. The second-order valence-electron chi connectivity index (χ2n) is 4.32. The van der Waals surface area contributed by atoms with Gasteiger partial charge in [0.2, 0.25) is 0 Å². The largest absolute Gasteiger partial charge is 0.330 e. The predicted molar refractivity (Wildman–Crippen MR) is 71.8 cm³/mol. The number of pyridine rings is 1. The average Bonchev–Trinajstić information content (AvgIpc) is 2.40. The molecule has 0 bridgehead atoms. The summed E-state index contributed by atoms with van der Waals surface area (Å²) in [7, 11) is 0. The normalized spacial score (nSPS) is 12.4. The van der Waals surface area contributed by atoms with Crippen molar-refractivity contribution in [3.63, 3.8) is 0 Å². The van der Waals surface area contributed by atoms with E-state index in [1.54, 1.807) is 0 Å². The highest BCUT2D eigenvalue weighted by atomic mass is 14.7. The fourth-order valence-corrected chi connectivity index (χ4v) is 1.93. The van der Waals surface area contributed by atoms with E-state index in [0.29, 0.717) is 5.92 Å². The smallest absolute Gasteiger partial charge is 0.0701 e. The van der Waals surface area contributed by atoms with Crippen LogP contribution in [0.5, 0.6) is 0 Å². The van der Waals surface area contributed by atoms with Gasteiger partial charge in [-0.05, 0) is 36.6 Å². The third-order valence-electron chi connectivity index (χ3n) is 3.04. The number of aromatic nitrogens is 1. The van der Waals surface area contributed by atoms with Crippen molar-refractivity contribution in [3.05, 3.63) is 54.2 Å². The monoisotopic (exact) mass is 226 g/mol. The van der Waals surface area contributed by atoms with Crippen LogP contribution >= 0.6 is 0 Å². The maximum atomic E-state index is 5.58. The van der Waals surface area contributed by atoms with Crippen LogP contribution in [0.15, 0.2) is 48.7 Å². The molecule has 2 aromatic rings. The first-order valence-electron chi connectivity index (χ1n) is 6.02. The molecule has 0 aliphatic rings.